The van der Waals surface area contributed by atoms with E-state index >= 15 is 0 Å². The number of carbonyl (C=O) groups is 1. The molecule has 8 heteroatoms. The molecule has 0 aliphatic rings. The summed E-state index contributed by atoms with van der Waals surface area (Å²) in [5, 5.41) is 4.58. The maximum Gasteiger partial charge on any atom is 0.234 e. The monoisotopic (exact) mass is 444 g/mol. The highest BCUT2D eigenvalue weighted by molar-refractivity contribution is 7.99. The number of anilines is 1. The Labute approximate surface area is 188 Å². The molecule has 0 radical (unpaired) electrons. The zero-order valence-corrected chi connectivity index (χ0v) is 18.3. The van der Waals surface area contributed by atoms with E-state index in [0.29, 0.717) is 22.3 Å². The molecule has 1 amide bonds. The predicted molar refractivity (Wildman–Crippen MR) is 127 cm³/mol. The Bertz CT molecular complexity index is 1460. The Morgan fingerprint density at radius 2 is 1.75 bits per heavy atom. The third kappa shape index (κ3) is 3.58. The topological polar surface area (TPSA) is 77.8 Å². The van der Waals surface area contributed by atoms with Crippen LogP contribution < -0.4 is 14.8 Å². The standard InChI is InChI=1S/C24H20N4O3S/c1-30-15-11-12-21(31-2)19(13-15)25-22(29)14-32-24-27-17-8-4-3-7-16(17)23-26-18-9-5-6-10-20(18)28(23)24/h3-13H,14H2,1-2H3,(H,25,29). The van der Waals surface area contributed by atoms with Crippen molar-refractivity contribution < 1.29 is 14.3 Å². The maximum absolute atomic E-state index is 12.8. The van der Waals surface area contributed by atoms with Crippen molar-refractivity contribution in [2.24, 2.45) is 0 Å². The average molecular weight is 445 g/mol. The molecule has 5 aromatic rings. The van der Waals surface area contributed by atoms with Crippen LogP contribution in [0.25, 0.3) is 27.6 Å². The van der Waals surface area contributed by atoms with Crippen LogP contribution in [0.1, 0.15) is 0 Å². The molecule has 32 heavy (non-hydrogen) atoms. The van der Waals surface area contributed by atoms with Gasteiger partial charge in [0.15, 0.2) is 5.16 Å². The molecule has 0 aliphatic carbocycles. The highest BCUT2D eigenvalue weighted by Crippen LogP contribution is 2.31. The predicted octanol–water partition coefficient (Wildman–Crippen LogP) is 4.78. The number of ether oxygens (including phenoxy) is 2. The fourth-order valence-electron chi connectivity index (χ4n) is 3.64. The Hall–Kier alpha value is -3.78. The smallest absolute Gasteiger partial charge is 0.234 e. The number of thioether (sulfide) groups is 1. The number of rotatable bonds is 6. The van der Waals surface area contributed by atoms with Gasteiger partial charge in [-0.05, 0) is 36.4 Å². The van der Waals surface area contributed by atoms with Gasteiger partial charge in [0, 0.05) is 11.5 Å². The minimum Gasteiger partial charge on any atom is -0.497 e. The first kappa shape index (κ1) is 20.1. The third-order valence-corrected chi connectivity index (χ3v) is 6.06. The molecule has 3 aromatic carbocycles. The van der Waals surface area contributed by atoms with Gasteiger partial charge in [-0.15, -0.1) is 0 Å². The van der Waals surface area contributed by atoms with E-state index in [4.69, 9.17) is 19.4 Å². The van der Waals surface area contributed by atoms with Crippen LogP contribution in [0.4, 0.5) is 5.69 Å². The zero-order valence-electron chi connectivity index (χ0n) is 17.5. The first-order chi connectivity index (χ1) is 15.7. The van der Waals surface area contributed by atoms with Gasteiger partial charge < -0.3 is 14.8 Å². The third-order valence-electron chi connectivity index (χ3n) is 5.13. The van der Waals surface area contributed by atoms with E-state index < -0.39 is 0 Å². The first-order valence-electron chi connectivity index (χ1n) is 9.98. The number of nitrogens with one attached hydrogen (secondary N) is 1. The zero-order chi connectivity index (χ0) is 22.1. The summed E-state index contributed by atoms with van der Waals surface area (Å²) in [6.45, 7) is 0. The fourth-order valence-corrected chi connectivity index (χ4v) is 4.45. The molecule has 0 aliphatic heterocycles. The van der Waals surface area contributed by atoms with Crippen molar-refractivity contribution >= 4 is 50.9 Å². The molecular weight excluding hydrogens is 424 g/mol. The van der Waals surface area contributed by atoms with Gasteiger partial charge in [-0.25, -0.2) is 9.97 Å². The number of hydrogen-bond donors (Lipinski definition) is 1. The summed E-state index contributed by atoms with van der Waals surface area (Å²) in [4.78, 5) is 22.4. The highest BCUT2D eigenvalue weighted by Gasteiger charge is 2.16. The molecule has 0 saturated heterocycles. The van der Waals surface area contributed by atoms with E-state index in [9.17, 15) is 4.79 Å². The molecule has 0 bridgehead atoms. The second-order valence-electron chi connectivity index (χ2n) is 7.07. The summed E-state index contributed by atoms with van der Waals surface area (Å²) < 4.78 is 12.6. The molecule has 7 nitrogen and oxygen atoms in total. The van der Waals surface area contributed by atoms with Crippen molar-refractivity contribution in [3.63, 3.8) is 0 Å². The summed E-state index contributed by atoms with van der Waals surface area (Å²) in [5.74, 6) is 1.20. The molecule has 0 atom stereocenters. The molecule has 0 fully saturated rings. The van der Waals surface area contributed by atoms with Crippen molar-refractivity contribution in [1.82, 2.24) is 14.4 Å². The van der Waals surface area contributed by atoms with Crippen LogP contribution in [-0.4, -0.2) is 40.2 Å². The Balaban J connectivity index is 1.48. The van der Waals surface area contributed by atoms with Gasteiger partial charge in [0.2, 0.25) is 5.91 Å². The number of para-hydroxylation sites is 3. The van der Waals surface area contributed by atoms with E-state index in [2.05, 4.69) is 5.32 Å². The lowest BCUT2D eigenvalue weighted by Gasteiger charge is -2.12. The summed E-state index contributed by atoms with van der Waals surface area (Å²) in [6, 6.07) is 21.1. The normalized spacial score (nSPS) is 11.2. The van der Waals surface area contributed by atoms with Crippen LogP contribution >= 0.6 is 11.8 Å². The summed E-state index contributed by atoms with van der Waals surface area (Å²) in [6.07, 6.45) is 0. The van der Waals surface area contributed by atoms with Gasteiger partial charge >= 0.3 is 0 Å². The number of carbonyl (C=O) groups excluding carboxylic acids is 1. The largest absolute Gasteiger partial charge is 0.497 e. The van der Waals surface area contributed by atoms with E-state index in [1.54, 1.807) is 32.4 Å². The van der Waals surface area contributed by atoms with Crippen molar-refractivity contribution in [2.75, 3.05) is 25.3 Å². The van der Waals surface area contributed by atoms with Crippen LogP contribution in [0.15, 0.2) is 71.9 Å². The minimum absolute atomic E-state index is 0.172. The second-order valence-corrected chi connectivity index (χ2v) is 8.02. The number of hydrogen-bond acceptors (Lipinski definition) is 6. The van der Waals surface area contributed by atoms with Crippen LogP contribution in [0, 0.1) is 0 Å². The van der Waals surface area contributed by atoms with Gasteiger partial charge in [-0.1, -0.05) is 36.0 Å². The lowest BCUT2D eigenvalue weighted by molar-refractivity contribution is -0.113. The second kappa shape index (κ2) is 8.39. The van der Waals surface area contributed by atoms with Crippen molar-refractivity contribution in [3.8, 4) is 11.5 Å². The Kier molecular flexibility index (Phi) is 5.28. The van der Waals surface area contributed by atoms with Gasteiger partial charge in [0.1, 0.15) is 17.1 Å². The van der Waals surface area contributed by atoms with Gasteiger partial charge in [-0.3, -0.25) is 9.20 Å². The summed E-state index contributed by atoms with van der Waals surface area (Å²) in [7, 11) is 3.14. The number of nitrogens with zero attached hydrogens (tertiary/aromatic N) is 3. The molecule has 0 saturated carbocycles. The molecule has 5 rings (SSSR count). The van der Waals surface area contributed by atoms with Gasteiger partial charge in [0.05, 0.1) is 42.2 Å². The van der Waals surface area contributed by atoms with E-state index in [-0.39, 0.29) is 11.7 Å². The van der Waals surface area contributed by atoms with Crippen molar-refractivity contribution in [1.29, 1.82) is 0 Å². The number of fused-ring (bicyclic) bond motifs is 5. The molecular formula is C24H20N4O3S. The van der Waals surface area contributed by atoms with Crippen LogP contribution in [-0.2, 0) is 4.79 Å². The average Bonchev–Trinajstić information content (AvgIpc) is 3.22. The Morgan fingerprint density at radius 1 is 0.969 bits per heavy atom. The SMILES string of the molecule is COc1ccc(OC)c(NC(=O)CSc2nc3ccccc3c3nc4ccccc4n23)c1. The lowest BCUT2D eigenvalue weighted by Crippen LogP contribution is -2.15. The van der Waals surface area contributed by atoms with E-state index in [0.717, 1.165) is 27.6 Å². The number of amides is 1. The highest BCUT2D eigenvalue weighted by atomic mass is 32.2. The summed E-state index contributed by atoms with van der Waals surface area (Å²) in [5.41, 5.74) is 4.07. The van der Waals surface area contributed by atoms with Crippen LogP contribution in [0.2, 0.25) is 0 Å². The molecule has 1 N–H and O–H groups in total. The number of benzene rings is 3. The Morgan fingerprint density at radius 3 is 2.56 bits per heavy atom. The van der Waals surface area contributed by atoms with E-state index in [1.165, 1.54) is 11.8 Å². The van der Waals surface area contributed by atoms with E-state index in [1.807, 2.05) is 52.9 Å². The molecule has 0 spiro atoms. The number of imidazole rings is 1. The first-order valence-corrected chi connectivity index (χ1v) is 11.0. The summed E-state index contributed by atoms with van der Waals surface area (Å²) >= 11 is 1.36. The number of aromatic nitrogens is 3. The maximum atomic E-state index is 12.8. The van der Waals surface area contributed by atoms with Gasteiger partial charge in [0.25, 0.3) is 0 Å². The quantitative estimate of drug-likeness (QED) is 0.300. The van der Waals surface area contributed by atoms with Crippen LogP contribution in [0.3, 0.4) is 0 Å². The van der Waals surface area contributed by atoms with Gasteiger partial charge in [-0.2, -0.15) is 0 Å². The van der Waals surface area contributed by atoms with Crippen molar-refractivity contribution in [2.45, 2.75) is 5.16 Å². The number of methoxy groups -OCH3 is 2. The molecule has 0 unspecified atom stereocenters. The fraction of sp³-hybridized carbons (Fsp3) is 0.125. The molecule has 160 valence electrons. The van der Waals surface area contributed by atoms with Crippen molar-refractivity contribution in [3.05, 3.63) is 66.7 Å². The minimum atomic E-state index is -0.172. The lowest BCUT2D eigenvalue weighted by atomic mass is 10.2. The van der Waals surface area contributed by atoms with Crippen LogP contribution in [0.5, 0.6) is 11.5 Å². The molecule has 2 aromatic heterocycles. The molecule has 2 heterocycles.